The average Bonchev–Trinajstić information content (AvgIpc) is 3.29. The lowest BCUT2D eigenvalue weighted by molar-refractivity contribution is -0.141. The van der Waals surface area contributed by atoms with Gasteiger partial charge in [0.25, 0.3) is 0 Å². The molecule has 1 amide bonds. The van der Waals surface area contributed by atoms with Crippen LogP contribution in [0.3, 0.4) is 0 Å². The summed E-state index contributed by atoms with van der Waals surface area (Å²) in [5, 5.41) is 14.3. The Morgan fingerprint density at radius 1 is 1.07 bits per heavy atom. The normalized spacial score (nSPS) is 13.4. The number of aryl methyl sites for hydroxylation is 1. The molecule has 4 rings (SSSR count). The number of rotatable bonds is 7. The summed E-state index contributed by atoms with van der Waals surface area (Å²) in [5.74, 6) is -1.57. The van der Waals surface area contributed by atoms with Gasteiger partial charge in [0.2, 0.25) is 5.91 Å². The molecule has 0 unspecified atom stereocenters. The number of hydrogen-bond donors (Lipinski definition) is 4. The molecular weight excluding hydrogens is 380 g/mol. The lowest BCUT2D eigenvalue weighted by Gasteiger charge is -2.17. The molecule has 0 fully saturated rings. The number of hydrogen-bond acceptors (Lipinski definition) is 3. The van der Waals surface area contributed by atoms with Crippen LogP contribution in [0.15, 0.2) is 60.9 Å². The number of carbonyl (C=O) groups is 2. The highest BCUT2D eigenvalue weighted by Crippen LogP contribution is 2.22. The van der Waals surface area contributed by atoms with E-state index >= 15 is 0 Å². The summed E-state index contributed by atoms with van der Waals surface area (Å²) in [6, 6.07) is 13.6. The molecule has 0 radical (unpaired) electrons. The van der Waals surface area contributed by atoms with Crippen LogP contribution >= 0.6 is 0 Å². The van der Waals surface area contributed by atoms with Gasteiger partial charge in [-0.3, -0.25) is 4.79 Å². The van der Waals surface area contributed by atoms with Gasteiger partial charge in [-0.1, -0.05) is 36.4 Å². The van der Waals surface area contributed by atoms with E-state index in [9.17, 15) is 14.7 Å². The van der Waals surface area contributed by atoms with Gasteiger partial charge in [-0.25, -0.2) is 4.79 Å². The first-order valence-electron chi connectivity index (χ1n) is 9.80. The molecule has 0 aliphatic carbocycles. The molecule has 2 heterocycles. The van der Waals surface area contributed by atoms with Crippen molar-refractivity contribution < 1.29 is 14.7 Å². The van der Waals surface area contributed by atoms with Crippen LogP contribution in [0.5, 0.6) is 0 Å². The van der Waals surface area contributed by atoms with Crippen molar-refractivity contribution in [3.63, 3.8) is 0 Å². The Balaban J connectivity index is 1.48. The molecular formula is C23H24N4O3. The predicted molar refractivity (Wildman–Crippen MR) is 116 cm³/mol. The van der Waals surface area contributed by atoms with Crippen LogP contribution in [-0.2, 0) is 29.5 Å². The second kappa shape index (κ2) is 8.04. The highest BCUT2D eigenvalue weighted by Gasteiger charge is 2.25. The Morgan fingerprint density at radius 2 is 1.77 bits per heavy atom. The Bertz CT molecular complexity index is 1220. The van der Waals surface area contributed by atoms with Crippen molar-refractivity contribution in [1.82, 2.24) is 14.9 Å². The highest BCUT2D eigenvalue weighted by atomic mass is 16.4. The number of aliphatic carboxylic acids is 1. The maximum atomic E-state index is 12.7. The van der Waals surface area contributed by atoms with Crippen LogP contribution < -0.4 is 11.1 Å². The number of para-hydroxylation sites is 2. The number of aromatic amines is 1. The van der Waals surface area contributed by atoms with Crippen molar-refractivity contribution in [2.24, 2.45) is 12.8 Å². The number of carboxylic acids is 1. The number of aromatic nitrogens is 2. The van der Waals surface area contributed by atoms with E-state index < -0.39 is 24.0 Å². The molecule has 7 nitrogen and oxygen atoms in total. The second-order valence-electron chi connectivity index (χ2n) is 7.56. The van der Waals surface area contributed by atoms with Crippen LogP contribution in [0.4, 0.5) is 0 Å². The van der Waals surface area contributed by atoms with E-state index in [0.717, 1.165) is 32.9 Å². The molecule has 0 bridgehead atoms. The quantitative estimate of drug-likeness (QED) is 0.379. The minimum atomic E-state index is -1.09. The highest BCUT2D eigenvalue weighted by molar-refractivity contribution is 5.90. The fourth-order valence-corrected chi connectivity index (χ4v) is 3.92. The van der Waals surface area contributed by atoms with Gasteiger partial charge in [-0.05, 0) is 29.7 Å². The van der Waals surface area contributed by atoms with Gasteiger partial charge in [0.05, 0.1) is 6.04 Å². The summed E-state index contributed by atoms with van der Waals surface area (Å²) in [5.41, 5.74) is 9.89. The fourth-order valence-electron chi connectivity index (χ4n) is 3.92. The minimum Gasteiger partial charge on any atom is -0.480 e. The maximum Gasteiger partial charge on any atom is 0.326 e. The van der Waals surface area contributed by atoms with E-state index in [1.54, 1.807) is 0 Å². The van der Waals surface area contributed by atoms with Crippen LogP contribution in [0.1, 0.15) is 11.1 Å². The van der Waals surface area contributed by atoms with Crippen molar-refractivity contribution in [2.75, 3.05) is 0 Å². The smallest absolute Gasteiger partial charge is 0.326 e. The maximum absolute atomic E-state index is 12.7. The van der Waals surface area contributed by atoms with Gasteiger partial charge < -0.3 is 25.7 Å². The third-order valence-electron chi connectivity index (χ3n) is 5.47. The molecule has 30 heavy (non-hydrogen) atoms. The first-order chi connectivity index (χ1) is 14.4. The number of nitrogens with zero attached hydrogens (tertiary/aromatic N) is 1. The lowest BCUT2D eigenvalue weighted by Crippen LogP contribution is -2.50. The van der Waals surface area contributed by atoms with Crippen LogP contribution in [0, 0.1) is 0 Å². The number of carboxylic acid groups (broad SMARTS) is 1. The third-order valence-corrected chi connectivity index (χ3v) is 5.47. The first-order valence-corrected chi connectivity index (χ1v) is 9.80. The molecule has 0 saturated heterocycles. The van der Waals surface area contributed by atoms with Crippen molar-refractivity contribution in [3.8, 4) is 0 Å². The molecule has 0 aliphatic rings. The number of nitrogens with one attached hydrogen (secondary N) is 2. The first kappa shape index (κ1) is 19.7. The standard InChI is InChI=1S/C23H24N4O3/c1-27-13-15(17-7-3-5-9-21(17)27)11-20(23(29)30)26-22(28)18(24)10-14-12-25-19-8-4-2-6-16(14)19/h2-9,12-13,18,20,25H,10-11,24H2,1H3,(H,26,28)(H,29,30)/t18-,20-/m1/s1. The molecule has 2 atom stereocenters. The Hall–Kier alpha value is -3.58. The molecule has 0 saturated carbocycles. The summed E-state index contributed by atoms with van der Waals surface area (Å²) in [6.45, 7) is 0. The number of carbonyl (C=O) groups excluding carboxylic acids is 1. The number of benzene rings is 2. The molecule has 0 spiro atoms. The van der Waals surface area contributed by atoms with E-state index in [0.29, 0.717) is 6.42 Å². The minimum absolute atomic E-state index is 0.183. The number of H-pyrrole nitrogens is 1. The molecule has 2 aromatic heterocycles. The monoisotopic (exact) mass is 404 g/mol. The van der Waals surface area contributed by atoms with E-state index in [2.05, 4.69) is 10.3 Å². The van der Waals surface area contributed by atoms with Crippen molar-refractivity contribution in [1.29, 1.82) is 0 Å². The van der Waals surface area contributed by atoms with Gasteiger partial charge >= 0.3 is 5.97 Å². The van der Waals surface area contributed by atoms with Crippen molar-refractivity contribution >= 4 is 33.7 Å². The largest absolute Gasteiger partial charge is 0.480 e. The molecule has 0 aliphatic heterocycles. The van der Waals surface area contributed by atoms with Crippen LogP contribution in [-0.4, -0.2) is 38.6 Å². The zero-order valence-electron chi connectivity index (χ0n) is 16.6. The van der Waals surface area contributed by atoms with Crippen molar-refractivity contribution in [3.05, 3.63) is 72.1 Å². The van der Waals surface area contributed by atoms with Gasteiger partial charge in [0.15, 0.2) is 0 Å². The number of amides is 1. The molecule has 5 N–H and O–H groups in total. The summed E-state index contributed by atoms with van der Waals surface area (Å²) in [4.78, 5) is 27.7. The van der Waals surface area contributed by atoms with Gasteiger partial charge in [-0.15, -0.1) is 0 Å². The van der Waals surface area contributed by atoms with E-state index in [4.69, 9.17) is 5.73 Å². The summed E-state index contributed by atoms with van der Waals surface area (Å²) >= 11 is 0. The van der Waals surface area contributed by atoms with Crippen LogP contribution in [0.25, 0.3) is 21.8 Å². The summed E-state index contributed by atoms with van der Waals surface area (Å²) in [7, 11) is 1.91. The van der Waals surface area contributed by atoms with Crippen LogP contribution in [0.2, 0.25) is 0 Å². The lowest BCUT2D eigenvalue weighted by atomic mass is 10.0. The molecule has 7 heteroatoms. The zero-order valence-corrected chi connectivity index (χ0v) is 16.6. The van der Waals surface area contributed by atoms with Gasteiger partial charge in [-0.2, -0.15) is 0 Å². The zero-order chi connectivity index (χ0) is 21.3. The van der Waals surface area contributed by atoms with Gasteiger partial charge in [0, 0.05) is 47.7 Å². The van der Waals surface area contributed by atoms with E-state index in [1.807, 2.05) is 72.5 Å². The van der Waals surface area contributed by atoms with E-state index in [-0.39, 0.29) is 6.42 Å². The second-order valence-corrected chi connectivity index (χ2v) is 7.56. The third kappa shape index (κ3) is 3.79. The van der Waals surface area contributed by atoms with Crippen molar-refractivity contribution in [2.45, 2.75) is 24.9 Å². The Morgan fingerprint density at radius 3 is 2.53 bits per heavy atom. The Labute approximate surface area is 173 Å². The molecule has 2 aromatic carbocycles. The Kier molecular flexibility index (Phi) is 5.29. The van der Waals surface area contributed by atoms with Gasteiger partial charge in [0.1, 0.15) is 6.04 Å². The molecule has 154 valence electrons. The molecule has 4 aromatic rings. The van der Waals surface area contributed by atoms with E-state index in [1.165, 1.54) is 0 Å². The summed E-state index contributed by atoms with van der Waals surface area (Å²) in [6.07, 6.45) is 4.24. The predicted octanol–water partition coefficient (Wildman–Crippen LogP) is 2.34. The SMILES string of the molecule is Cn1cc(C[C@@H](NC(=O)[C@H](N)Cc2c[nH]c3ccccc23)C(=O)O)c2ccccc21. The average molecular weight is 404 g/mol. The fraction of sp³-hybridized carbons (Fsp3) is 0.217. The number of nitrogens with two attached hydrogens (primary N) is 1. The topological polar surface area (TPSA) is 113 Å². The summed E-state index contributed by atoms with van der Waals surface area (Å²) < 4.78 is 1.95. The number of fused-ring (bicyclic) bond motifs is 2.